The molecule has 1 aromatic rings. The van der Waals surface area contributed by atoms with Crippen LogP contribution in [0.1, 0.15) is 57.9 Å². The summed E-state index contributed by atoms with van der Waals surface area (Å²) in [5.74, 6) is -1.16. The number of nitrogens with zero attached hydrogens (tertiary/aromatic N) is 1. The number of hydrogen-bond acceptors (Lipinski definition) is 7. The number of carbonyl (C=O) groups is 2. The third kappa shape index (κ3) is 4.32. The second-order valence-electron chi connectivity index (χ2n) is 9.51. The van der Waals surface area contributed by atoms with Crippen LogP contribution in [0.15, 0.2) is 46.8 Å². The average molecular weight is 440 g/mol. The summed E-state index contributed by atoms with van der Waals surface area (Å²) in [6, 6.07) is 6.04. The number of ketones is 1. The number of rotatable bonds is 5. The summed E-state index contributed by atoms with van der Waals surface area (Å²) < 4.78 is 11.2. The number of esters is 1. The minimum Gasteiger partial charge on any atom is -0.459 e. The van der Waals surface area contributed by atoms with Gasteiger partial charge in [0.15, 0.2) is 5.78 Å². The topological polar surface area (TPSA) is 108 Å². The molecule has 4 rings (SSSR count). The van der Waals surface area contributed by atoms with Gasteiger partial charge in [0.2, 0.25) is 0 Å². The van der Waals surface area contributed by atoms with Gasteiger partial charge in [0, 0.05) is 48.0 Å². The summed E-state index contributed by atoms with van der Waals surface area (Å²) >= 11 is 0. The predicted molar refractivity (Wildman–Crippen MR) is 117 cm³/mol. The zero-order chi connectivity index (χ0) is 23.0. The highest BCUT2D eigenvalue weighted by Crippen LogP contribution is 2.47. The van der Waals surface area contributed by atoms with E-state index in [-0.39, 0.29) is 29.6 Å². The van der Waals surface area contributed by atoms with Gasteiger partial charge in [-0.2, -0.15) is 0 Å². The lowest BCUT2D eigenvalue weighted by molar-refractivity contribution is -0.384. The number of ether oxygens (including phenoxy) is 2. The van der Waals surface area contributed by atoms with Crippen LogP contribution in [0.25, 0.3) is 0 Å². The molecule has 8 nitrogen and oxygen atoms in total. The van der Waals surface area contributed by atoms with Crippen LogP contribution in [-0.4, -0.2) is 36.0 Å². The molecule has 1 N–H and O–H groups in total. The highest BCUT2D eigenvalue weighted by molar-refractivity contribution is 6.04. The van der Waals surface area contributed by atoms with Gasteiger partial charge >= 0.3 is 5.97 Å². The quantitative estimate of drug-likeness (QED) is 0.420. The van der Waals surface area contributed by atoms with Crippen molar-refractivity contribution in [3.8, 4) is 0 Å². The van der Waals surface area contributed by atoms with Gasteiger partial charge in [-0.25, -0.2) is 4.79 Å². The van der Waals surface area contributed by atoms with E-state index in [9.17, 15) is 19.7 Å². The summed E-state index contributed by atoms with van der Waals surface area (Å²) in [6.45, 7) is 6.72. The minimum absolute atomic E-state index is 0.0240. The van der Waals surface area contributed by atoms with Gasteiger partial charge in [0.1, 0.15) is 6.61 Å². The standard InChI is InChI=1S/C24H28N2O6/c1-14-20(23(28)32-13-17-5-4-10-31-17)21(15-6-8-16(9-7-15)26(29)30)22-18(25-14)11-24(2,3)12-19(22)27/h6-9,17,21,25H,4-5,10-13H2,1-3H3/t17-,21-/m1/s1. The lowest BCUT2D eigenvalue weighted by atomic mass is 9.68. The molecule has 0 amide bonds. The lowest BCUT2D eigenvalue weighted by Crippen LogP contribution is -2.39. The molecule has 0 bridgehead atoms. The number of nitro benzene ring substituents is 1. The van der Waals surface area contributed by atoms with Crippen LogP contribution < -0.4 is 5.32 Å². The molecule has 2 heterocycles. The summed E-state index contributed by atoms with van der Waals surface area (Å²) in [7, 11) is 0. The van der Waals surface area contributed by atoms with Crippen molar-refractivity contribution in [2.45, 2.75) is 58.5 Å². The Hall–Kier alpha value is -3.00. The molecule has 2 atom stereocenters. The number of nitrogens with one attached hydrogen (secondary N) is 1. The Bertz CT molecular complexity index is 1020. The van der Waals surface area contributed by atoms with E-state index in [4.69, 9.17) is 9.47 Å². The molecular weight excluding hydrogens is 412 g/mol. The van der Waals surface area contributed by atoms with Crippen LogP contribution in [0, 0.1) is 15.5 Å². The molecule has 0 radical (unpaired) electrons. The van der Waals surface area contributed by atoms with Crippen LogP contribution >= 0.6 is 0 Å². The number of hydrogen-bond donors (Lipinski definition) is 1. The van der Waals surface area contributed by atoms with Crippen molar-refractivity contribution in [3.63, 3.8) is 0 Å². The van der Waals surface area contributed by atoms with Crippen molar-refractivity contribution in [2.75, 3.05) is 13.2 Å². The van der Waals surface area contributed by atoms with Crippen LogP contribution in [0.3, 0.4) is 0 Å². The van der Waals surface area contributed by atoms with E-state index < -0.39 is 16.8 Å². The smallest absolute Gasteiger partial charge is 0.336 e. The summed E-state index contributed by atoms with van der Waals surface area (Å²) in [6.07, 6.45) is 2.72. The van der Waals surface area contributed by atoms with Crippen molar-refractivity contribution in [2.24, 2.45) is 5.41 Å². The van der Waals surface area contributed by atoms with Crippen molar-refractivity contribution in [3.05, 3.63) is 62.5 Å². The van der Waals surface area contributed by atoms with Crippen LogP contribution in [0.4, 0.5) is 5.69 Å². The molecule has 3 aliphatic rings. The van der Waals surface area contributed by atoms with Gasteiger partial charge in [0.25, 0.3) is 5.69 Å². The number of dihydropyridines is 1. The number of non-ortho nitro benzene ring substituents is 1. The molecular formula is C24H28N2O6. The fraction of sp³-hybridized carbons (Fsp3) is 0.500. The van der Waals surface area contributed by atoms with E-state index in [2.05, 4.69) is 5.32 Å². The largest absolute Gasteiger partial charge is 0.459 e. The maximum Gasteiger partial charge on any atom is 0.336 e. The molecule has 1 fully saturated rings. The van der Waals surface area contributed by atoms with Gasteiger partial charge < -0.3 is 14.8 Å². The number of Topliss-reactive ketones (excluding diaryl/α,β-unsaturated/α-hetero) is 1. The fourth-order valence-electron chi connectivity index (χ4n) is 4.85. The maximum absolute atomic E-state index is 13.2. The Labute approximate surface area is 186 Å². The molecule has 1 aliphatic carbocycles. The second-order valence-corrected chi connectivity index (χ2v) is 9.51. The van der Waals surface area contributed by atoms with Gasteiger partial charge in [-0.05, 0) is 37.2 Å². The third-order valence-corrected chi connectivity index (χ3v) is 6.32. The first-order valence-electron chi connectivity index (χ1n) is 10.9. The Morgan fingerprint density at radius 1 is 1.28 bits per heavy atom. The molecule has 1 aromatic carbocycles. The molecule has 0 saturated carbocycles. The first-order chi connectivity index (χ1) is 15.2. The Kier molecular flexibility index (Phi) is 5.90. The summed E-state index contributed by atoms with van der Waals surface area (Å²) in [5, 5.41) is 14.4. The molecule has 32 heavy (non-hydrogen) atoms. The van der Waals surface area contributed by atoms with Crippen LogP contribution in [-0.2, 0) is 19.1 Å². The second kappa shape index (κ2) is 8.50. The van der Waals surface area contributed by atoms with Crippen molar-refractivity contribution in [1.82, 2.24) is 5.32 Å². The lowest BCUT2D eigenvalue weighted by Gasteiger charge is -2.39. The van der Waals surface area contributed by atoms with E-state index in [1.54, 1.807) is 19.1 Å². The van der Waals surface area contributed by atoms with Crippen molar-refractivity contribution < 1.29 is 24.0 Å². The molecule has 170 valence electrons. The third-order valence-electron chi connectivity index (χ3n) is 6.32. The zero-order valence-corrected chi connectivity index (χ0v) is 18.6. The number of carbonyl (C=O) groups excluding carboxylic acids is 2. The van der Waals surface area contributed by atoms with Crippen molar-refractivity contribution in [1.29, 1.82) is 0 Å². The van der Waals surface area contributed by atoms with E-state index in [1.165, 1.54) is 12.1 Å². The van der Waals surface area contributed by atoms with E-state index in [0.717, 1.165) is 18.5 Å². The van der Waals surface area contributed by atoms with E-state index in [0.29, 0.717) is 41.9 Å². The molecule has 8 heteroatoms. The summed E-state index contributed by atoms with van der Waals surface area (Å²) in [4.78, 5) is 37.1. The maximum atomic E-state index is 13.2. The highest BCUT2D eigenvalue weighted by Gasteiger charge is 2.43. The molecule has 2 aliphatic heterocycles. The minimum atomic E-state index is -0.632. The van der Waals surface area contributed by atoms with Gasteiger partial charge in [0.05, 0.1) is 16.6 Å². The molecule has 0 unspecified atom stereocenters. The van der Waals surface area contributed by atoms with Gasteiger partial charge in [-0.3, -0.25) is 14.9 Å². The SMILES string of the molecule is CC1=C(C(=O)OC[C@H]2CCCO2)[C@@H](c2ccc([N+](=O)[O-])cc2)C2=C(CC(C)(C)CC2=O)N1. The van der Waals surface area contributed by atoms with Crippen LogP contribution in [0.2, 0.25) is 0 Å². The fourth-order valence-corrected chi connectivity index (χ4v) is 4.85. The first-order valence-corrected chi connectivity index (χ1v) is 10.9. The molecule has 0 aromatic heterocycles. The first kappa shape index (κ1) is 22.2. The van der Waals surface area contributed by atoms with E-state index >= 15 is 0 Å². The zero-order valence-electron chi connectivity index (χ0n) is 18.6. The molecule has 1 saturated heterocycles. The predicted octanol–water partition coefficient (Wildman–Crippen LogP) is 3.92. The van der Waals surface area contributed by atoms with Crippen LogP contribution in [0.5, 0.6) is 0 Å². The Morgan fingerprint density at radius 3 is 2.62 bits per heavy atom. The number of benzene rings is 1. The monoisotopic (exact) mass is 440 g/mol. The average Bonchev–Trinajstić information content (AvgIpc) is 3.24. The molecule has 0 spiro atoms. The van der Waals surface area contributed by atoms with E-state index in [1.807, 2.05) is 13.8 Å². The highest BCUT2D eigenvalue weighted by atomic mass is 16.6. The number of allylic oxidation sites excluding steroid dienone is 3. The normalized spacial score (nSPS) is 24.8. The Morgan fingerprint density at radius 2 is 2.00 bits per heavy atom. The Balaban J connectivity index is 1.72. The van der Waals surface area contributed by atoms with Crippen molar-refractivity contribution >= 4 is 17.4 Å². The number of nitro groups is 1. The van der Waals surface area contributed by atoms with Gasteiger partial charge in [-0.1, -0.05) is 26.0 Å². The summed E-state index contributed by atoms with van der Waals surface area (Å²) in [5.41, 5.74) is 2.77. The van der Waals surface area contributed by atoms with Gasteiger partial charge in [-0.15, -0.1) is 0 Å².